The number of nitrogens with one attached hydrogen (secondary N) is 2. The van der Waals surface area contributed by atoms with Gasteiger partial charge in [-0.25, -0.2) is 0 Å². The van der Waals surface area contributed by atoms with Crippen molar-refractivity contribution in [2.24, 2.45) is 0 Å². The van der Waals surface area contributed by atoms with Gasteiger partial charge in [0.05, 0.1) is 25.5 Å². The van der Waals surface area contributed by atoms with Crippen LogP contribution in [0.5, 0.6) is 11.5 Å². The van der Waals surface area contributed by atoms with E-state index < -0.39 is 30.0 Å². The first kappa shape index (κ1) is 20.1. The van der Waals surface area contributed by atoms with Gasteiger partial charge in [0, 0.05) is 11.8 Å². The predicted molar refractivity (Wildman–Crippen MR) is 92.9 cm³/mol. The predicted octanol–water partition coefficient (Wildman–Crippen LogP) is 3.69. The quantitative estimate of drug-likeness (QED) is 0.747. The molecule has 0 spiro atoms. The second kappa shape index (κ2) is 8.43. The van der Waals surface area contributed by atoms with Crippen molar-refractivity contribution in [1.29, 1.82) is 0 Å². The summed E-state index contributed by atoms with van der Waals surface area (Å²) < 4.78 is 48.2. The van der Waals surface area contributed by atoms with Crippen LogP contribution in [0.3, 0.4) is 0 Å². The van der Waals surface area contributed by atoms with Crippen LogP contribution in [0, 0.1) is 0 Å². The fourth-order valence-electron chi connectivity index (χ4n) is 2.23. The van der Waals surface area contributed by atoms with Gasteiger partial charge in [0.1, 0.15) is 17.9 Å². The number of alkyl halides is 3. The van der Waals surface area contributed by atoms with E-state index in [4.69, 9.17) is 9.47 Å². The number of carbonyl (C=O) groups is 2. The third kappa shape index (κ3) is 5.63. The Bertz CT molecular complexity index is 838. The number of benzene rings is 2. The first-order valence-corrected chi connectivity index (χ1v) is 7.72. The van der Waals surface area contributed by atoms with Gasteiger partial charge in [-0.05, 0) is 30.3 Å². The number of halogens is 3. The number of amides is 2. The van der Waals surface area contributed by atoms with E-state index in [1.54, 1.807) is 12.1 Å². The van der Waals surface area contributed by atoms with E-state index in [2.05, 4.69) is 10.6 Å². The molecule has 2 aromatic rings. The summed E-state index contributed by atoms with van der Waals surface area (Å²) >= 11 is 0. The van der Waals surface area contributed by atoms with E-state index in [9.17, 15) is 22.8 Å². The fourth-order valence-corrected chi connectivity index (χ4v) is 2.23. The van der Waals surface area contributed by atoms with Crippen molar-refractivity contribution in [3.63, 3.8) is 0 Å². The number of anilines is 2. The molecule has 0 aliphatic carbocycles. The van der Waals surface area contributed by atoms with Crippen LogP contribution in [-0.4, -0.2) is 26.0 Å². The Kier molecular flexibility index (Phi) is 6.27. The number of hydrogen-bond donors (Lipinski definition) is 2. The first-order chi connectivity index (χ1) is 12.7. The molecule has 27 heavy (non-hydrogen) atoms. The molecule has 0 aliphatic heterocycles. The molecule has 2 aromatic carbocycles. The van der Waals surface area contributed by atoms with Crippen LogP contribution in [0.15, 0.2) is 42.5 Å². The van der Waals surface area contributed by atoms with E-state index in [0.29, 0.717) is 17.2 Å². The van der Waals surface area contributed by atoms with Crippen LogP contribution >= 0.6 is 0 Å². The minimum Gasteiger partial charge on any atom is -0.497 e. The molecule has 0 saturated carbocycles. The maximum atomic E-state index is 12.7. The van der Waals surface area contributed by atoms with Crippen molar-refractivity contribution < 1.29 is 32.2 Å². The maximum absolute atomic E-state index is 12.7. The zero-order chi connectivity index (χ0) is 20.0. The van der Waals surface area contributed by atoms with Crippen LogP contribution in [0.25, 0.3) is 0 Å². The minimum atomic E-state index is -4.53. The van der Waals surface area contributed by atoms with Crippen LogP contribution in [-0.2, 0) is 15.8 Å². The lowest BCUT2D eigenvalue weighted by Gasteiger charge is -2.12. The average molecular weight is 382 g/mol. The zero-order valence-electron chi connectivity index (χ0n) is 14.5. The molecule has 2 N–H and O–H groups in total. The third-order valence-corrected chi connectivity index (χ3v) is 3.48. The maximum Gasteiger partial charge on any atom is 0.416 e. The van der Waals surface area contributed by atoms with Gasteiger partial charge < -0.3 is 20.1 Å². The van der Waals surface area contributed by atoms with Crippen LogP contribution in [0.1, 0.15) is 12.0 Å². The standard InChI is InChI=1S/C18H17F3N2O4/c1-26-13-6-7-15(27-2)14(9-13)23-17(25)10-16(24)22-12-5-3-4-11(8-12)18(19,20)21/h3-9H,10H2,1-2H3,(H,22,24)(H,23,25). The molecule has 0 heterocycles. The lowest BCUT2D eigenvalue weighted by atomic mass is 10.2. The smallest absolute Gasteiger partial charge is 0.416 e. The van der Waals surface area contributed by atoms with Crippen molar-refractivity contribution in [2.45, 2.75) is 12.6 Å². The summed E-state index contributed by atoms with van der Waals surface area (Å²) in [6, 6.07) is 8.88. The van der Waals surface area contributed by atoms with Gasteiger partial charge in [-0.1, -0.05) is 6.07 Å². The highest BCUT2D eigenvalue weighted by Crippen LogP contribution is 2.31. The van der Waals surface area contributed by atoms with Gasteiger partial charge in [0.2, 0.25) is 11.8 Å². The van der Waals surface area contributed by atoms with Crippen molar-refractivity contribution >= 4 is 23.2 Å². The summed E-state index contributed by atoms with van der Waals surface area (Å²) in [5.41, 5.74) is -0.652. The average Bonchev–Trinajstić information content (AvgIpc) is 2.60. The van der Waals surface area contributed by atoms with Gasteiger partial charge >= 0.3 is 6.18 Å². The summed E-state index contributed by atoms with van der Waals surface area (Å²) in [6.45, 7) is 0. The Morgan fingerprint density at radius 2 is 1.67 bits per heavy atom. The van der Waals surface area contributed by atoms with Gasteiger partial charge in [0.15, 0.2) is 0 Å². The van der Waals surface area contributed by atoms with Crippen molar-refractivity contribution in [3.8, 4) is 11.5 Å². The molecule has 6 nitrogen and oxygen atoms in total. The molecule has 0 radical (unpaired) electrons. The number of methoxy groups -OCH3 is 2. The molecular formula is C18H17F3N2O4. The Labute approximate surface area is 153 Å². The molecule has 0 aromatic heterocycles. The Balaban J connectivity index is 2.01. The lowest BCUT2D eigenvalue weighted by molar-refractivity contribution is -0.137. The summed E-state index contributed by atoms with van der Waals surface area (Å²) in [5.74, 6) is -0.582. The Morgan fingerprint density at radius 1 is 0.963 bits per heavy atom. The van der Waals surface area contributed by atoms with E-state index in [0.717, 1.165) is 12.1 Å². The summed E-state index contributed by atoms with van der Waals surface area (Å²) in [6.07, 6.45) is -5.11. The van der Waals surface area contributed by atoms with Crippen molar-refractivity contribution in [2.75, 3.05) is 24.9 Å². The molecule has 2 amide bonds. The van der Waals surface area contributed by atoms with Gasteiger partial charge in [0.25, 0.3) is 0 Å². The molecule has 0 aliphatic rings. The molecule has 9 heteroatoms. The zero-order valence-corrected chi connectivity index (χ0v) is 14.5. The third-order valence-electron chi connectivity index (χ3n) is 3.48. The number of ether oxygens (including phenoxy) is 2. The minimum absolute atomic E-state index is 0.0541. The van der Waals surface area contributed by atoms with Gasteiger partial charge in [-0.15, -0.1) is 0 Å². The first-order valence-electron chi connectivity index (χ1n) is 7.72. The highest BCUT2D eigenvalue weighted by Gasteiger charge is 2.30. The summed E-state index contributed by atoms with van der Waals surface area (Å²) in [7, 11) is 2.87. The topological polar surface area (TPSA) is 76.7 Å². The lowest BCUT2D eigenvalue weighted by Crippen LogP contribution is -2.22. The second-order valence-corrected chi connectivity index (χ2v) is 5.42. The van der Waals surface area contributed by atoms with Crippen LogP contribution in [0.4, 0.5) is 24.5 Å². The molecule has 0 atom stereocenters. The molecule has 0 bridgehead atoms. The second-order valence-electron chi connectivity index (χ2n) is 5.42. The Hall–Kier alpha value is -3.23. The number of carbonyl (C=O) groups excluding carboxylic acids is 2. The Morgan fingerprint density at radius 3 is 2.30 bits per heavy atom. The molecule has 2 rings (SSSR count). The molecule has 144 valence electrons. The van der Waals surface area contributed by atoms with Crippen molar-refractivity contribution in [3.05, 3.63) is 48.0 Å². The van der Waals surface area contributed by atoms with Crippen molar-refractivity contribution in [1.82, 2.24) is 0 Å². The summed E-state index contributed by atoms with van der Waals surface area (Å²) in [5, 5.41) is 4.77. The fraction of sp³-hybridized carbons (Fsp3) is 0.222. The van der Waals surface area contributed by atoms with Crippen LogP contribution in [0.2, 0.25) is 0 Å². The van der Waals surface area contributed by atoms with E-state index >= 15 is 0 Å². The van der Waals surface area contributed by atoms with Gasteiger partial charge in [-0.3, -0.25) is 9.59 Å². The SMILES string of the molecule is COc1ccc(OC)c(NC(=O)CC(=O)Nc2cccc(C(F)(F)F)c2)c1. The highest BCUT2D eigenvalue weighted by atomic mass is 19.4. The molecule has 0 unspecified atom stereocenters. The molecular weight excluding hydrogens is 365 g/mol. The van der Waals surface area contributed by atoms with E-state index in [1.165, 1.54) is 32.4 Å². The molecule has 0 fully saturated rings. The van der Waals surface area contributed by atoms with Gasteiger partial charge in [-0.2, -0.15) is 13.2 Å². The largest absolute Gasteiger partial charge is 0.497 e. The van der Waals surface area contributed by atoms with E-state index in [-0.39, 0.29) is 5.69 Å². The normalized spacial score (nSPS) is 10.9. The number of hydrogen-bond acceptors (Lipinski definition) is 4. The summed E-state index contributed by atoms with van der Waals surface area (Å²) in [4.78, 5) is 24.0. The monoisotopic (exact) mass is 382 g/mol. The number of rotatable bonds is 6. The molecule has 0 saturated heterocycles. The highest BCUT2D eigenvalue weighted by molar-refractivity contribution is 6.08. The van der Waals surface area contributed by atoms with Crippen LogP contribution < -0.4 is 20.1 Å². The van der Waals surface area contributed by atoms with E-state index in [1.807, 2.05) is 0 Å².